The molecule has 3 heterocycles. The van der Waals surface area contributed by atoms with Gasteiger partial charge in [-0.15, -0.1) is 0 Å². The van der Waals surface area contributed by atoms with E-state index in [1.165, 1.54) is 12.1 Å². The first-order chi connectivity index (χ1) is 12.3. The highest BCUT2D eigenvalue weighted by Gasteiger charge is 2.38. The van der Waals surface area contributed by atoms with Crippen molar-refractivity contribution in [1.29, 1.82) is 0 Å². The highest BCUT2D eigenvalue weighted by molar-refractivity contribution is 5.79. The maximum Gasteiger partial charge on any atom is 0.416 e. The minimum absolute atomic E-state index is 0.381. The van der Waals surface area contributed by atoms with Crippen LogP contribution in [0.2, 0.25) is 0 Å². The maximum absolute atomic E-state index is 12.7. The van der Waals surface area contributed by atoms with Gasteiger partial charge in [0.2, 0.25) is 0 Å². The monoisotopic (exact) mass is 361 g/mol. The number of H-pyrrole nitrogens is 1. The minimum Gasteiger partial charge on any atom is -0.384 e. The number of likely N-dealkylation sites (tertiary alicyclic amines) is 1. The number of benzene rings is 1. The molecule has 0 aliphatic carbocycles. The molecule has 3 aromatic rings. The van der Waals surface area contributed by atoms with Crippen molar-refractivity contribution in [2.75, 3.05) is 13.1 Å². The fraction of sp³-hybridized carbons (Fsp3) is 0.316. The molecule has 0 amide bonds. The Morgan fingerprint density at radius 3 is 2.65 bits per heavy atom. The zero-order valence-corrected chi connectivity index (χ0v) is 13.9. The van der Waals surface area contributed by atoms with Crippen LogP contribution in [-0.2, 0) is 18.3 Å². The first-order valence-corrected chi connectivity index (χ1v) is 8.38. The molecule has 26 heavy (non-hydrogen) atoms. The van der Waals surface area contributed by atoms with Crippen LogP contribution in [0.3, 0.4) is 0 Å². The number of pyridine rings is 1. The molecule has 0 radical (unpaired) electrons. The maximum atomic E-state index is 12.7. The molecule has 2 N–H and O–H groups in total. The van der Waals surface area contributed by atoms with Gasteiger partial charge in [0.15, 0.2) is 0 Å². The van der Waals surface area contributed by atoms with Gasteiger partial charge in [-0.2, -0.15) is 13.2 Å². The topological polar surface area (TPSA) is 52.1 Å². The van der Waals surface area contributed by atoms with E-state index < -0.39 is 17.3 Å². The van der Waals surface area contributed by atoms with E-state index in [2.05, 4.69) is 14.9 Å². The van der Waals surface area contributed by atoms with Crippen LogP contribution in [0.15, 0.2) is 48.8 Å². The molecule has 0 saturated carbocycles. The summed E-state index contributed by atoms with van der Waals surface area (Å²) in [6.07, 6.45) is -0.368. The molecule has 1 fully saturated rings. The zero-order valence-electron chi connectivity index (χ0n) is 13.9. The van der Waals surface area contributed by atoms with Crippen LogP contribution < -0.4 is 0 Å². The Morgan fingerprint density at radius 2 is 1.96 bits per heavy atom. The first kappa shape index (κ1) is 17.1. The average molecular weight is 361 g/mol. The van der Waals surface area contributed by atoms with Gasteiger partial charge in [0, 0.05) is 48.6 Å². The molecule has 0 spiro atoms. The van der Waals surface area contributed by atoms with Gasteiger partial charge in [-0.1, -0.05) is 12.1 Å². The number of aliphatic hydroxyl groups is 1. The van der Waals surface area contributed by atoms with Crippen molar-refractivity contribution in [3.8, 4) is 0 Å². The molecule has 1 saturated heterocycles. The van der Waals surface area contributed by atoms with Gasteiger partial charge in [-0.25, -0.2) is 0 Å². The highest BCUT2D eigenvalue weighted by Crippen LogP contribution is 2.35. The number of β-amino-alcohol motifs (C(OH)–C–C–N with tert-alkyl or cyclic N) is 1. The number of nitrogens with zero attached hydrogens (tertiary/aromatic N) is 2. The second kappa shape index (κ2) is 6.10. The fourth-order valence-electron chi connectivity index (χ4n) is 3.57. The zero-order chi connectivity index (χ0) is 18.4. The summed E-state index contributed by atoms with van der Waals surface area (Å²) in [7, 11) is 0. The highest BCUT2D eigenvalue weighted by atomic mass is 19.4. The van der Waals surface area contributed by atoms with Crippen molar-refractivity contribution in [3.63, 3.8) is 0 Å². The molecule has 136 valence electrons. The lowest BCUT2D eigenvalue weighted by Gasteiger charge is -2.24. The van der Waals surface area contributed by atoms with E-state index in [-0.39, 0.29) is 0 Å². The summed E-state index contributed by atoms with van der Waals surface area (Å²) in [5.74, 6) is 0. The van der Waals surface area contributed by atoms with E-state index in [9.17, 15) is 18.3 Å². The first-order valence-electron chi connectivity index (χ1n) is 8.38. The normalized spacial score (nSPS) is 21.5. The van der Waals surface area contributed by atoms with Gasteiger partial charge < -0.3 is 10.1 Å². The van der Waals surface area contributed by atoms with Gasteiger partial charge in [0.1, 0.15) is 5.60 Å². The second-order valence-corrected chi connectivity index (χ2v) is 6.82. The number of aromatic amines is 1. The van der Waals surface area contributed by atoms with Gasteiger partial charge in [-0.05, 0) is 36.2 Å². The van der Waals surface area contributed by atoms with Crippen LogP contribution in [0.1, 0.15) is 23.2 Å². The van der Waals surface area contributed by atoms with Crippen LogP contribution in [0, 0.1) is 0 Å². The predicted octanol–water partition coefficient (Wildman–Crippen LogP) is 3.68. The second-order valence-electron chi connectivity index (χ2n) is 6.82. The van der Waals surface area contributed by atoms with Crippen molar-refractivity contribution < 1.29 is 18.3 Å². The molecule has 1 aromatic carbocycles. The number of nitrogens with one attached hydrogen (secondary N) is 1. The Kier molecular flexibility index (Phi) is 4.00. The van der Waals surface area contributed by atoms with Gasteiger partial charge >= 0.3 is 6.18 Å². The van der Waals surface area contributed by atoms with Gasteiger partial charge in [0.05, 0.1) is 5.56 Å². The molecule has 0 bridgehead atoms. The number of aromatic nitrogens is 2. The van der Waals surface area contributed by atoms with Crippen molar-refractivity contribution in [2.45, 2.75) is 24.7 Å². The van der Waals surface area contributed by atoms with E-state index in [4.69, 9.17) is 0 Å². The number of hydrogen-bond donors (Lipinski definition) is 2. The minimum atomic E-state index is -4.37. The SMILES string of the molecule is OC1(c2ccc(C(F)(F)F)cc2)CCN(Cc2cc3cnccc3[nH]2)C1. The average Bonchev–Trinajstić information content (AvgIpc) is 3.18. The number of hydrogen-bond acceptors (Lipinski definition) is 3. The Bertz CT molecular complexity index is 887. The van der Waals surface area contributed by atoms with Crippen molar-refractivity contribution in [3.05, 3.63) is 65.6 Å². The lowest BCUT2D eigenvalue weighted by Crippen LogP contribution is -2.30. The Morgan fingerprint density at radius 1 is 1.19 bits per heavy atom. The predicted molar refractivity (Wildman–Crippen MR) is 91.3 cm³/mol. The van der Waals surface area contributed by atoms with Crippen LogP contribution in [-0.4, -0.2) is 33.1 Å². The molecule has 1 unspecified atom stereocenters. The lowest BCUT2D eigenvalue weighted by molar-refractivity contribution is -0.137. The summed E-state index contributed by atoms with van der Waals surface area (Å²) in [6.45, 7) is 1.69. The molecule has 4 rings (SSSR count). The Labute approximate surface area is 148 Å². The van der Waals surface area contributed by atoms with E-state index in [0.29, 0.717) is 31.6 Å². The van der Waals surface area contributed by atoms with Crippen LogP contribution >= 0.6 is 0 Å². The number of fused-ring (bicyclic) bond motifs is 1. The molecule has 4 nitrogen and oxygen atoms in total. The summed E-state index contributed by atoms with van der Waals surface area (Å²) < 4.78 is 38.1. The molecule has 1 aliphatic heterocycles. The smallest absolute Gasteiger partial charge is 0.384 e. The summed E-state index contributed by atoms with van der Waals surface area (Å²) >= 11 is 0. The van der Waals surface area contributed by atoms with Gasteiger partial charge in [0.25, 0.3) is 0 Å². The van der Waals surface area contributed by atoms with Gasteiger partial charge in [-0.3, -0.25) is 9.88 Å². The van der Waals surface area contributed by atoms with E-state index in [1.54, 1.807) is 12.4 Å². The third-order valence-corrected chi connectivity index (χ3v) is 4.95. The van der Waals surface area contributed by atoms with E-state index >= 15 is 0 Å². The van der Waals surface area contributed by atoms with Crippen LogP contribution in [0.25, 0.3) is 10.9 Å². The van der Waals surface area contributed by atoms with E-state index in [1.807, 2.05) is 12.1 Å². The number of halogens is 3. The Hall–Kier alpha value is -2.38. The molecular formula is C19H18F3N3O. The van der Waals surface area contributed by atoms with Crippen molar-refractivity contribution in [2.24, 2.45) is 0 Å². The molecular weight excluding hydrogens is 343 g/mol. The quantitative estimate of drug-likeness (QED) is 0.748. The number of alkyl halides is 3. The summed E-state index contributed by atoms with van der Waals surface area (Å²) in [4.78, 5) is 9.51. The van der Waals surface area contributed by atoms with Crippen LogP contribution in [0.5, 0.6) is 0 Å². The molecule has 2 aromatic heterocycles. The molecule has 7 heteroatoms. The summed E-state index contributed by atoms with van der Waals surface area (Å²) in [5, 5.41) is 11.9. The van der Waals surface area contributed by atoms with Crippen LogP contribution in [0.4, 0.5) is 13.2 Å². The summed E-state index contributed by atoms with van der Waals surface area (Å²) in [5.41, 5.74) is 0.717. The standard InChI is InChI=1S/C19H18F3N3O/c20-19(21,22)15-3-1-14(2-4-15)18(26)6-8-25(12-18)11-16-9-13-10-23-7-5-17(13)24-16/h1-5,7,9-10,24,26H,6,8,11-12H2. The third-order valence-electron chi connectivity index (χ3n) is 4.95. The largest absolute Gasteiger partial charge is 0.416 e. The summed E-state index contributed by atoms with van der Waals surface area (Å²) in [6, 6.07) is 8.74. The number of rotatable bonds is 3. The fourth-order valence-corrected chi connectivity index (χ4v) is 3.57. The Balaban J connectivity index is 1.48. The van der Waals surface area contributed by atoms with Crippen molar-refractivity contribution in [1.82, 2.24) is 14.9 Å². The van der Waals surface area contributed by atoms with Crippen molar-refractivity contribution >= 4 is 10.9 Å². The lowest BCUT2D eigenvalue weighted by atomic mass is 9.92. The van der Waals surface area contributed by atoms with E-state index in [0.717, 1.165) is 28.7 Å². The molecule has 1 aliphatic rings. The molecule has 1 atom stereocenters. The third kappa shape index (κ3) is 3.20.